The van der Waals surface area contributed by atoms with Crippen LogP contribution in [0.1, 0.15) is 5.56 Å². The van der Waals surface area contributed by atoms with Crippen LogP contribution in [0.15, 0.2) is 34.1 Å². The predicted octanol–water partition coefficient (Wildman–Crippen LogP) is 2.08. The maximum Gasteiger partial charge on any atom is 0.261 e. The van der Waals surface area contributed by atoms with Gasteiger partial charge in [0.1, 0.15) is 17.4 Å². The highest BCUT2D eigenvalue weighted by Gasteiger charge is 2.09. The molecule has 0 saturated carbocycles. The Labute approximate surface area is 115 Å². The number of primary amides is 1. The van der Waals surface area contributed by atoms with E-state index in [1.165, 1.54) is 11.8 Å². The number of nitriles is 1. The van der Waals surface area contributed by atoms with E-state index in [9.17, 15) is 4.79 Å². The Morgan fingerprint density at radius 3 is 2.56 bits per heavy atom. The average Bonchev–Trinajstić information content (AvgIpc) is 2.37. The summed E-state index contributed by atoms with van der Waals surface area (Å²) in [7, 11) is 1.60. The lowest BCUT2D eigenvalue weighted by Crippen LogP contribution is -2.13. The minimum absolute atomic E-state index is 0.114. The first-order chi connectivity index (χ1) is 8.58. The lowest BCUT2D eigenvalue weighted by molar-refractivity contribution is -0.114. The number of rotatable bonds is 5. The summed E-state index contributed by atoms with van der Waals surface area (Å²) in [4.78, 5) is 10.9. The second kappa shape index (κ2) is 6.99. The van der Waals surface area contributed by atoms with Crippen LogP contribution in [0.4, 0.5) is 0 Å². The fraction of sp³-hybridized carbons (Fsp3) is 0.167. The Kier molecular flexibility index (Phi) is 5.62. The Morgan fingerprint density at radius 1 is 1.50 bits per heavy atom. The van der Waals surface area contributed by atoms with Crippen LogP contribution in [0.3, 0.4) is 0 Å². The van der Waals surface area contributed by atoms with Gasteiger partial charge in [0.25, 0.3) is 5.91 Å². The molecule has 1 aromatic carbocycles. The fourth-order valence-corrected chi connectivity index (χ4v) is 2.29. The number of benzene rings is 1. The van der Waals surface area contributed by atoms with Crippen LogP contribution < -0.4 is 10.5 Å². The summed E-state index contributed by atoms with van der Waals surface area (Å²) in [6.45, 7) is 0. The molecule has 0 bridgehead atoms. The Bertz CT molecular complexity index is 504. The summed E-state index contributed by atoms with van der Waals surface area (Å²) < 4.78 is 5.38. The predicted molar refractivity (Wildman–Crippen MR) is 75.1 cm³/mol. The van der Waals surface area contributed by atoms with Crippen molar-refractivity contribution in [2.75, 3.05) is 7.11 Å². The number of nitrogens with two attached hydrogens (primary N) is 1. The molecular formula is C12H12N2O2S2. The number of ether oxygens (including phenoxy) is 1. The Hall–Kier alpha value is -1.58. The number of amides is 1. The lowest BCUT2D eigenvalue weighted by Gasteiger charge is -2.04. The van der Waals surface area contributed by atoms with Crippen molar-refractivity contribution in [1.82, 2.24) is 0 Å². The molecule has 2 N–H and O–H groups in total. The number of thioether (sulfide) groups is 1. The van der Waals surface area contributed by atoms with Gasteiger partial charge in [0.05, 0.1) is 11.3 Å². The van der Waals surface area contributed by atoms with Crippen LogP contribution in [-0.4, -0.2) is 13.0 Å². The number of hydrogen-bond donors (Lipinski definition) is 2. The van der Waals surface area contributed by atoms with Crippen LogP contribution in [0, 0.1) is 11.3 Å². The second-order valence-corrected chi connectivity index (χ2v) is 5.03. The molecular weight excluding hydrogens is 268 g/mol. The zero-order valence-corrected chi connectivity index (χ0v) is 11.4. The smallest absolute Gasteiger partial charge is 0.261 e. The van der Waals surface area contributed by atoms with Gasteiger partial charge in [-0.15, -0.1) is 24.4 Å². The van der Waals surface area contributed by atoms with E-state index < -0.39 is 5.91 Å². The zero-order valence-electron chi connectivity index (χ0n) is 9.71. The van der Waals surface area contributed by atoms with E-state index in [0.717, 1.165) is 11.3 Å². The maximum atomic E-state index is 10.9. The molecule has 18 heavy (non-hydrogen) atoms. The number of hydrogen-bond acceptors (Lipinski definition) is 5. The van der Waals surface area contributed by atoms with Gasteiger partial charge < -0.3 is 10.5 Å². The minimum Gasteiger partial charge on any atom is -0.497 e. The number of nitrogens with zero attached hydrogens (tertiary/aromatic N) is 1. The number of carbonyl (C=O) groups is 1. The monoisotopic (exact) mass is 280 g/mol. The van der Waals surface area contributed by atoms with Crippen molar-refractivity contribution in [2.45, 2.75) is 5.75 Å². The summed E-state index contributed by atoms with van der Waals surface area (Å²) in [6, 6.07) is 9.24. The van der Waals surface area contributed by atoms with Gasteiger partial charge in [0.2, 0.25) is 0 Å². The Balaban J connectivity index is 2.70. The normalized spacial score (nSPS) is 11.4. The van der Waals surface area contributed by atoms with E-state index in [4.69, 9.17) is 15.7 Å². The topological polar surface area (TPSA) is 76.1 Å². The summed E-state index contributed by atoms with van der Waals surface area (Å²) in [6.07, 6.45) is 0. The summed E-state index contributed by atoms with van der Waals surface area (Å²) in [5.74, 6) is 0.617. The van der Waals surface area contributed by atoms with E-state index in [2.05, 4.69) is 12.6 Å². The van der Waals surface area contributed by atoms with E-state index in [0.29, 0.717) is 9.99 Å². The molecule has 0 unspecified atom stereocenters. The van der Waals surface area contributed by atoms with Gasteiger partial charge in [0, 0.05) is 5.75 Å². The number of thiol groups is 1. The highest BCUT2D eigenvalue weighted by molar-refractivity contribution is 8.15. The van der Waals surface area contributed by atoms with Gasteiger partial charge in [-0.3, -0.25) is 4.79 Å². The van der Waals surface area contributed by atoms with Crippen molar-refractivity contribution >= 4 is 30.3 Å². The largest absolute Gasteiger partial charge is 0.497 e. The van der Waals surface area contributed by atoms with E-state index in [1.54, 1.807) is 13.2 Å². The van der Waals surface area contributed by atoms with Crippen LogP contribution in [-0.2, 0) is 10.5 Å². The third-order valence-electron chi connectivity index (χ3n) is 2.11. The molecule has 0 aromatic heterocycles. The molecule has 1 rings (SSSR count). The van der Waals surface area contributed by atoms with Crippen molar-refractivity contribution < 1.29 is 9.53 Å². The average molecular weight is 280 g/mol. The van der Waals surface area contributed by atoms with Crippen molar-refractivity contribution in [3.8, 4) is 11.8 Å². The van der Waals surface area contributed by atoms with Crippen LogP contribution in [0.2, 0.25) is 0 Å². The quantitative estimate of drug-likeness (QED) is 0.492. The molecule has 0 heterocycles. The van der Waals surface area contributed by atoms with E-state index in [1.807, 2.05) is 24.3 Å². The van der Waals surface area contributed by atoms with Crippen molar-refractivity contribution in [3.63, 3.8) is 0 Å². The van der Waals surface area contributed by atoms with Crippen molar-refractivity contribution in [3.05, 3.63) is 39.6 Å². The molecule has 0 saturated heterocycles. The van der Waals surface area contributed by atoms with Crippen molar-refractivity contribution in [2.24, 2.45) is 5.73 Å². The molecule has 0 aliphatic rings. The molecule has 6 heteroatoms. The molecule has 0 aliphatic heterocycles. The molecule has 1 amide bonds. The number of methoxy groups -OCH3 is 1. The molecule has 4 nitrogen and oxygen atoms in total. The molecule has 0 aliphatic carbocycles. The van der Waals surface area contributed by atoms with Gasteiger partial charge in [0.15, 0.2) is 0 Å². The van der Waals surface area contributed by atoms with E-state index in [-0.39, 0.29) is 5.57 Å². The number of carbonyl (C=O) groups excluding carboxylic acids is 1. The van der Waals surface area contributed by atoms with Gasteiger partial charge in [-0.2, -0.15) is 5.26 Å². The standard InChI is InChI=1S/C12H12N2O2S2/c1-16-9-4-2-8(3-5-9)7-18-12(17)10(6-13)11(14)15/h2-5,17H,7H2,1H3,(H2,14,15)/b12-10-. The first-order valence-electron chi connectivity index (χ1n) is 4.97. The minimum atomic E-state index is -0.760. The Morgan fingerprint density at radius 2 is 2.11 bits per heavy atom. The van der Waals surface area contributed by atoms with Crippen molar-refractivity contribution in [1.29, 1.82) is 5.26 Å². The molecule has 0 spiro atoms. The fourth-order valence-electron chi connectivity index (χ4n) is 1.15. The zero-order chi connectivity index (χ0) is 13.5. The maximum absolute atomic E-state index is 10.9. The van der Waals surface area contributed by atoms with Crippen LogP contribution >= 0.6 is 24.4 Å². The second-order valence-electron chi connectivity index (χ2n) is 3.29. The van der Waals surface area contributed by atoms with Crippen LogP contribution in [0.25, 0.3) is 0 Å². The van der Waals surface area contributed by atoms with Gasteiger partial charge in [-0.1, -0.05) is 12.1 Å². The molecule has 1 aromatic rings. The van der Waals surface area contributed by atoms with Gasteiger partial charge >= 0.3 is 0 Å². The third kappa shape index (κ3) is 4.02. The molecule has 94 valence electrons. The highest BCUT2D eigenvalue weighted by atomic mass is 32.2. The first-order valence-corrected chi connectivity index (χ1v) is 6.40. The van der Waals surface area contributed by atoms with Crippen LogP contribution in [0.5, 0.6) is 5.75 Å². The molecule has 0 atom stereocenters. The summed E-state index contributed by atoms with van der Waals surface area (Å²) in [5, 5.41) is 8.74. The molecule has 0 radical (unpaired) electrons. The molecule has 0 fully saturated rings. The van der Waals surface area contributed by atoms with Gasteiger partial charge in [-0.25, -0.2) is 0 Å². The third-order valence-corrected chi connectivity index (χ3v) is 3.67. The summed E-state index contributed by atoms with van der Waals surface area (Å²) in [5.41, 5.74) is 5.98. The SMILES string of the molecule is COc1ccc(CS/C(S)=C(/C#N)C(N)=O)cc1. The summed E-state index contributed by atoms with van der Waals surface area (Å²) >= 11 is 5.39. The highest BCUT2D eigenvalue weighted by Crippen LogP contribution is 2.27. The lowest BCUT2D eigenvalue weighted by atomic mass is 10.2. The van der Waals surface area contributed by atoms with E-state index >= 15 is 0 Å². The van der Waals surface area contributed by atoms with Gasteiger partial charge in [-0.05, 0) is 17.7 Å². The first kappa shape index (κ1) is 14.5.